The van der Waals surface area contributed by atoms with Gasteiger partial charge in [0.05, 0.1) is 19.3 Å². The molecule has 0 saturated carbocycles. The molecule has 3 rings (SSSR count). The van der Waals surface area contributed by atoms with E-state index in [4.69, 9.17) is 9.47 Å². The number of halogens is 1. The SMILES string of the molecule is CN=C(NCCCOC1CCOC1)NCc1cc2ccccc2[nH]1.I. The summed E-state index contributed by atoms with van der Waals surface area (Å²) in [6.07, 6.45) is 2.24. The number of nitrogens with one attached hydrogen (secondary N) is 3. The van der Waals surface area contributed by atoms with Crippen LogP contribution in [0.15, 0.2) is 35.3 Å². The van der Waals surface area contributed by atoms with Gasteiger partial charge >= 0.3 is 0 Å². The van der Waals surface area contributed by atoms with Crippen molar-refractivity contribution in [3.8, 4) is 0 Å². The first-order valence-corrected chi connectivity index (χ1v) is 8.55. The average Bonchev–Trinajstić information content (AvgIpc) is 3.26. The minimum atomic E-state index is 0. The van der Waals surface area contributed by atoms with E-state index in [1.54, 1.807) is 7.05 Å². The van der Waals surface area contributed by atoms with Crippen LogP contribution in [0.3, 0.4) is 0 Å². The number of hydrogen-bond donors (Lipinski definition) is 3. The van der Waals surface area contributed by atoms with E-state index >= 15 is 0 Å². The van der Waals surface area contributed by atoms with E-state index in [0.717, 1.165) is 56.4 Å². The van der Waals surface area contributed by atoms with Gasteiger partial charge in [-0.15, -0.1) is 24.0 Å². The Bertz CT molecular complexity index is 635. The monoisotopic (exact) mass is 458 g/mol. The first-order valence-electron chi connectivity index (χ1n) is 8.55. The molecule has 1 fully saturated rings. The van der Waals surface area contributed by atoms with Crippen molar-refractivity contribution in [2.45, 2.75) is 25.5 Å². The summed E-state index contributed by atoms with van der Waals surface area (Å²) in [6.45, 7) is 3.86. The summed E-state index contributed by atoms with van der Waals surface area (Å²) in [5.41, 5.74) is 2.30. The number of guanidine groups is 1. The van der Waals surface area contributed by atoms with Crippen LogP contribution in [0.2, 0.25) is 0 Å². The summed E-state index contributed by atoms with van der Waals surface area (Å²) < 4.78 is 11.0. The van der Waals surface area contributed by atoms with Crippen LogP contribution in [0.5, 0.6) is 0 Å². The van der Waals surface area contributed by atoms with Crippen LogP contribution < -0.4 is 10.6 Å². The maximum Gasteiger partial charge on any atom is 0.191 e. The molecule has 1 aromatic carbocycles. The smallest absolute Gasteiger partial charge is 0.191 e. The fraction of sp³-hybridized carbons (Fsp3) is 0.500. The molecule has 2 aromatic rings. The van der Waals surface area contributed by atoms with E-state index in [1.165, 1.54) is 5.39 Å². The normalized spacial score (nSPS) is 17.5. The highest BCUT2D eigenvalue weighted by Gasteiger charge is 2.15. The van der Waals surface area contributed by atoms with Crippen LogP contribution >= 0.6 is 24.0 Å². The number of ether oxygens (including phenoxy) is 2. The first-order chi connectivity index (χ1) is 11.8. The highest BCUT2D eigenvalue weighted by atomic mass is 127. The van der Waals surface area contributed by atoms with Crippen molar-refractivity contribution in [2.24, 2.45) is 4.99 Å². The third-order valence-corrected chi connectivity index (χ3v) is 4.11. The van der Waals surface area contributed by atoms with Crippen LogP contribution in [0, 0.1) is 0 Å². The van der Waals surface area contributed by atoms with Crippen molar-refractivity contribution in [3.05, 3.63) is 36.0 Å². The summed E-state index contributed by atoms with van der Waals surface area (Å²) in [7, 11) is 1.78. The fourth-order valence-electron chi connectivity index (χ4n) is 2.80. The number of aliphatic imine (C=N–C) groups is 1. The Labute approximate surface area is 165 Å². The second-order valence-electron chi connectivity index (χ2n) is 5.94. The number of H-pyrrole nitrogens is 1. The molecule has 1 unspecified atom stereocenters. The van der Waals surface area contributed by atoms with Gasteiger partial charge in [-0.1, -0.05) is 18.2 Å². The topological polar surface area (TPSA) is 70.7 Å². The van der Waals surface area contributed by atoms with Gasteiger partial charge in [-0.05, 0) is 30.4 Å². The van der Waals surface area contributed by atoms with E-state index in [0.29, 0.717) is 6.54 Å². The second kappa shape index (κ2) is 10.6. The number of para-hydroxylation sites is 1. The Balaban J connectivity index is 0.00000225. The fourth-order valence-corrected chi connectivity index (χ4v) is 2.80. The van der Waals surface area contributed by atoms with Gasteiger partial charge in [-0.2, -0.15) is 0 Å². The van der Waals surface area contributed by atoms with Crippen molar-refractivity contribution >= 4 is 40.8 Å². The van der Waals surface area contributed by atoms with Crippen molar-refractivity contribution in [3.63, 3.8) is 0 Å². The maximum absolute atomic E-state index is 5.75. The molecular formula is C18H27IN4O2. The van der Waals surface area contributed by atoms with Crippen LogP contribution in [0.4, 0.5) is 0 Å². The lowest BCUT2D eigenvalue weighted by atomic mass is 10.2. The Morgan fingerprint density at radius 1 is 1.36 bits per heavy atom. The lowest BCUT2D eigenvalue weighted by Gasteiger charge is -2.12. The number of fused-ring (bicyclic) bond motifs is 1. The van der Waals surface area contributed by atoms with E-state index in [9.17, 15) is 0 Å². The molecule has 1 atom stereocenters. The van der Waals surface area contributed by atoms with Crippen LogP contribution in [0.1, 0.15) is 18.5 Å². The lowest BCUT2D eigenvalue weighted by Crippen LogP contribution is -2.37. The minimum absolute atomic E-state index is 0. The van der Waals surface area contributed by atoms with E-state index in [-0.39, 0.29) is 30.1 Å². The molecular weight excluding hydrogens is 431 g/mol. The van der Waals surface area contributed by atoms with Gasteiger partial charge in [0.25, 0.3) is 0 Å². The Kier molecular flexibility index (Phi) is 8.50. The predicted molar refractivity (Wildman–Crippen MR) is 112 cm³/mol. The predicted octanol–water partition coefficient (Wildman–Crippen LogP) is 2.65. The standard InChI is InChI=1S/C18H26N4O2.HI/c1-19-18(20-8-4-9-24-16-7-10-23-13-16)21-12-15-11-14-5-2-3-6-17(14)22-15;/h2-3,5-6,11,16,22H,4,7-10,12-13H2,1H3,(H2,19,20,21);1H. The van der Waals surface area contributed by atoms with E-state index in [2.05, 4.69) is 38.8 Å². The van der Waals surface area contributed by atoms with Gasteiger partial charge in [0.15, 0.2) is 5.96 Å². The van der Waals surface area contributed by atoms with Crippen molar-refractivity contribution < 1.29 is 9.47 Å². The molecule has 0 spiro atoms. The molecule has 138 valence electrons. The van der Waals surface area contributed by atoms with Gasteiger partial charge < -0.3 is 25.1 Å². The van der Waals surface area contributed by atoms with E-state index < -0.39 is 0 Å². The number of rotatable bonds is 7. The summed E-state index contributed by atoms with van der Waals surface area (Å²) in [6, 6.07) is 10.4. The molecule has 1 aliphatic heterocycles. The molecule has 0 amide bonds. The van der Waals surface area contributed by atoms with Gasteiger partial charge in [-0.3, -0.25) is 4.99 Å². The number of aromatic amines is 1. The van der Waals surface area contributed by atoms with Gasteiger partial charge in [0.2, 0.25) is 0 Å². The average molecular weight is 458 g/mol. The highest BCUT2D eigenvalue weighted by Crippen LogP contribution is 2.14. The van der Waals surface area contributed by atoms with Crippen LogP contribution in [-0.2, 0) is 16.0 Å². The second-order valence-corrected chi connectivity index (χ2v) is 5.94. The molecule has 1 saturated heterocycles. The van der Waals surface area contributed by atoms with Crippen LogP contribution in [0.25, 0.3) is 10.9 Å². The van der Waals surface area contributed by atoms with Gasteiger partial charge in [0, 0.05) is 38.0 Å². The van der Waals surface area contributed by atoms with Gasteiger partial charge in [0.1, 0.15) is 0 Å². The van der Waals surface area contributed by atoms with Gasteiger partial charge in [-0.25, -0.2) is 0 Å². The van der Waals surface area contributed by atoms with E-state index in [1.807, 2.05) is 12.1 Å². The first kappa shape index (κ1) is 20.0. The molecule has 1 aliphatic rings. The number of aromatic nitrogens is 1. The molecule has 3 N–H and O–H groups in total. The summed E-state index contributed by atoms with van der Waals surface area (Å²) in [4.78, 5) is 7.66. The zero-order chi connectivity index (χ0) is 16.6. The minimum Gasteiger partial charge on any atom is -0.379 e. The molecule has 0 radical (unpaired) electrons. The number of hydrogen-bond acceptors (Lipinski definition) is 3. The Hall–Kier alpha value is -1.32. The van der Waals surface area contributed by atoms with Crippen molar-refractivity contribution in [2.75, 3.05) is 33.4 Å². The summed E-state index contributed by atoms with van der Waals surface area (Å²) in [5, 5.41) is 7.87. The van der Waals surface area contributed by atoms with Crippen molar-refractivity contribution in [1.29, 1.82) is 0 Å². The summed E-state index contributed by atoms with van der Waals surface area (Å²) in [5.74, 6) is 0.804. The number of nitrogens with zero attached hydrogens (tertiary/aromatic N) is 1. The molecule has 0 bridgehead atoms. The molecule has 7 heteroatoms. The molecule has 25 heavy (non-hydrogen) atoms. The van der Waals surface area contributed by atoms with Crippen molar-refractivity contribution in [1.82, 2.24) is 15.6 Å². The third-order valence-electron chi connectivity index (χ3n) is 4.11. The molecule has 1 aromatic heterocycles. The highest BCUT2D eigenvalue weighted by molar-refractivity contribution is 14.0. The lowest BCUT2D eigenvalue weighted by molar-refractivity contribution is 0.0420. The Morgan fingerprint density at radius 3 is 3.00 bits per heavy atom. The molecule has 6 nitrogen and oxygen atoms in total. The quantitative estimate of drug-likeness (QED) is 0.258. The van der Waals surface area contributed by atoms with Crippen LogP contribution in [-0.4, -0.2) is 50.5 Å². The maximum atomic E-state index is 5.75. The zero-order valence-electron chi connectivity index (χ0n) is 14.6. The number of benzene rings is 1. The summed E-state index contributed by atoms with van der Waals surface area (Å²) >= 11 is 0. The zero-order valence-corrected chi connectivity index (χ0v) is 16.9. The third kappa shape index (κ3) is 6.16. The molecule has 0 aliphatic carbocycles. The molecule has 2 heterocycles. The largest absolute Gasteiger partial charge is 0.379 e. The Morgan fingerprint density at radius 2 is 2.24 bits per heavy atom.